The molecule has 8 heteroatoms. The van der Waals surface area contributed by atoms with Crippen molar-refractivity contribution < 1.29 is 19.4 Å². The van der Waals surface area contributed by atoms with Gasteiger partial charge in [-0.05, 0) is 11.6 Å². The van der Waals surface area contributed by atoms with Crippen LogP contribution in [0.15, 0.2) is 30.9 Å². The highest BCUT2D eigenvalue weighted by Crippen LogP contribution is 2.23. The van der Waals surface area contributed by atoms with Gasteiger partial charge in [0.15, 0.2) is 5.56 Å². The summed E-state index contributed by atoms with van der Waals surface area (Å²) in [4.78, 5) is 24.2. The molecular formula is C15H18N4O4. The SMILES string of the molecule is COc1ncnc(OC)c1C(=O)NCC(CO)c1cccnc1. The quantitative estimate of drug-likeness (QED) is 0.760. The Balaban J connectivity index is 2.13. The van der Waals surface area contributed by atoms with Crippen LogP contribution >= 0.6 is 0 Å². The zero-order valence-electron chi connectivity index (χ0n) is 12.9. The van der Waals surface area contributed by atoms with E-state index in [2.05, 4.69) is 20.3 Å². The first-order chi connectivity index (χ1) is 11.2. The van der Waals surface area contributed by atoms with E-state index in [1.54, 1.807) is 18.5 Å². The fourth-order valence-electron chi connectivity index (χ4n) is 2.07. The summed E-state index contributed by atoms with van der Waals surface area (Å²) >= 11 is 0. The number of hydrogen-bond acceptors (Lipinski definition) is 7. The molecule has 0 saturated heterocycles. The van der Waals surface area contributed by atoms with Crippen molar-refractivity contribution in [3.8, 4) is 11.8 Å². The summed E-state index contributed by atoms with van der Waals surface area (Å²) in [5.41, 5.74) is 0.943. The molecule has 0 aliphatic rings. The second-order valence-electron chi connectivity index (χ2n) is 4.64. The molecule has 1 unspecified atom stereocenters. The van der Waals surface area contributed by atoms with Crippen molar-refractivity contribution in [2.24, 2.45) is 0 Å². The minimum absolute atomic E-state index is 0.111. The maximum absolute atomic E-state index is 12.4. The average molecular weight is 318 g/mol. The minimum atomic E-state index is -0.443. The summed E-state index contributed by atoms with van der Waals surface area (Å²) < 4.78 is 10.2. The lowest BCUT2D eigenvalue weighted by molar-refractivity contribution is 0.0939. The van der Waals surface area contributed by atoms with Crippen molar-refractivity contribution in [3.63, 3.8) is 0 Å². The third kappa shape index (κ3) is 3.92. The Morgan fingerprint density at radius 1 is 1.30 bits per heavy atom. The van der Waals surface area contributed by atoms with E-state index in [0.717, 1.165) is 5.56 Å². The fraction of sp³-hybridized carbons (Fsp3) is 0.333. The largest absolute Gasteiger partial charge is 0.480 e. The molecule has 2 N–H and O–H groups in total. The van der Waals surface area contributed by atoms with E-state index in [1.165, 1.54) is 20.5 Å². The fourth-order valence-corrected chi connectivity index (χ4v) is 2.07. The van der Waals surface area contributed by atoms with Crippen LogP contribution in [-0.2, 0) is 0 Å². The molecule has 0 saturated carbocycles. The van der Waals surface area contributed by atoms with Gasteiger partial charge in [-0.15, -0.1) is 0 Å². The topological polar surface area (TPSA) is 106 Å². The van der Waals surface area contributed by atoms with Crippen LogP contribution in [0.2, 0.25) is 0 Å². The summed E-state index contributed by atoms with van der Waals surface area (Å²) in [6.45, 7) is 0.105. The molecule has 0 fully saturated rings. The van der Waals surface area contributed by atoms with Gasteiger partial charge in [0.2, 0.25) is 11.8 Å². The molecule has 122 valence electrons. The standard InChI is InChI=1S/C15H18N4O4/c1-22-14-12(15(23-2)19-9-18-14)13(21)17-7-11(8-20)10-4-3-5-16-6-10/h3-6,9,11,20H,7-8H2,1-2H3,(H,17,21). The predicted molar refractivity (Wildman–Crippen MR) is 81.5 cm³/mol. The minimum Gasteiger partial charge on any atom is -0.480 e. The summed E-state index contributed by atoms with van der Waals surface area (Å²) in [5.74, 6) is -0.469. The molecule has 1 atom stereocenters. The number of carbonyl (C=O) groups is 1. The number of aliphatic hydroxyl groups is 1. The number of amides is 1. The van der Waals surface area contributed by atoms with E-state index < -0.39 is 5.91 Å². The van der Waals surface area contributed by atoms with E-state index in [4.69, 9.17) is 9.47 Å². The summed E-state index contributed by atoms with van der Waals surface area (Å²) in [7, 11) is 2.81. The van der Waals surface area contributed by atoms with Crippen LogP contribution in [0.5, 0.6) is 11.8 Å². The van der Waals surface area contributed by atoms with Gasteiger partial charge in [-0.2, -0.15) is 0 Å². The normalized spacial score (nSPS) is 11.6. The molecule has 2 rings (SSSR count). The van der Waals surface area contributed by atoms with Gasteiger partial charge >= 0.3 is 0 Å². The zero-order valence-corrected chi connectivity index (χ0v) is 12.9. The molecule has 2 aromatic rings. The molecule has 0 aliphatic heterocycles. The van der Waals surface area contributed by atoms with Crippen LogP contribution in [0.3, 0.4) is 0 Å². The third-order valence-electron chi connectivity index (χ3n) is 3.28. The van der Waals surface area contributed by atoms with Crippen molar-refractivity contribution >= 4 is 5.91 Å². The summed E-state index contributed by atoms with van der Waals surface area (Å²) in [5, 5.41) is 12.2. The van der Waals surface area contributed by atoms with Crippen LogP contribution in [0.1, 0.15) is 21.8 Å². The number of rotatable bonds is 7. The Labute approximate surface area is 133 Å². The van der Waals surface area contributed by atoms with Crippen molar-refractivity contribution in [2.45, 2.75) is 5.92 Å². The van der Waals surface area contributed by atoms with Gasteiger partial charge in [0.25, 0.3) is 5.91 Å². The second kappa shape index (κ2) is 8.04. The van der Waals surface area contributed by atoms with Crippen LogP contribution in [0.25, 0.3) is 0 Å². The maximum Gasteiger partial charge on any atom is 0.262 e. The monoisotopic (exact) mass is 318 g/mol. The highest BCUT2D eigenvalue weighted by Gasteiger charge is 2.22. The molecule has 0 radical (unpaired) electrons. The van der Waals surface area contributed by atoms with Gasteiger partial charge < -0.3 is 19.9 Å². The average Bonchev–Trinajstić information content (AvgIpc) is 2.62. The van der Waals surface area contributed by atoms with Crippen molar-refractivity contribution in [2.75, 3.05) is 27.4 Å². The first kappa shape index (κ1) is 16.6. The number of nitrogens with zero attached hydrogens (tertiary/aromatic N) is 3. The highest BCUT2D eigenvalue weighted by molar-refractivity contribution is 5.98. The molecule has 2 heterocycles. The number of nitrogens with one attached hydrogen (secondary N) is 1. The van der Waals surface area contributed by atoms with Crippen LogP contribution in [-0.4, -0.2) is 53.3 Å². The van der Waals surface area contributed by atoms with E-state index in [1.807, 2.05) is 6.07 Å². The van der Waals surface area contributed by atoms with E-state index in [9.17, 15) is 9.90 Å². The first-order valence-electron chi connectivity index (χ1n) is 6.93. The maximum atomic E-state index is 12.4. The van der Waals surface area contributed by atoms with Crippen LogP contribution < -0.4 is 14.8 Å². The lowest BCUT2D eigenvalue weighted by atomic mass is 10.0. The third-order valence-corrected chi connectivity index (χ3v) is 3.28. The number of aliphatic hydroxyl groups excluding tert-OH is 1. The van der Waals surface area contributed by atoms with Gasteiger partial charge in [0.1, 0.15) is 6.33 Å². The Kier molecular flexibility index (Phi) is 5.81. The first-order valence-corrected chi connectivity index (χ1v) is 6.93. The molecule has 2 aromatic heterocycles. The Hall–Kier alpha value is -2.74. The van der Waals surface area contributed by atoms with E-state index in [0.29, 0.717) is 0 Å². The van der Waals surface area contributed by atoms with Crippen LogP contribution in [0, 0.1) is 0 Å². The molecule has 23 heavy (non-hydrogen) atoms. The Morgan fingerprint density at radius 2 is 2.00 bits per heavy atom. The van der Waals surface area contributed by atoms with Gasteiger partial charge in [0.05, 0.1) is 20.8 Å². The number of methoxy groups -OCH3 is 2. The number of carbonyl (C=O) groups excluding carboxylic acids is 1. The molecular weight excluding hydrogens is 300 g/mol. The Bertz CT molecular complexity index is 629. The van der Waals surface area contributed by atoms with Crippen molar-refractivity contribution in [1.29, 1.82) is 0 Å². The predicted octanol–water partition coefficient (Wildman–Crippen LogP) is 0.395. The molecule has 0 spiro atoms. The molecule has 8 nitrogen and oxygen atoms in total. The number of pyridine rings is 1. The number of ether oxygens (including phenoxy) is 2. The number of aromatic nitrogens is 3. The lowest BCUT2D eigenvalue weighted by Crippen LogP contribution is -2.30. The van der Waals surface area contributed by atoms with E-state index in [-0.39, 0.29) is 36.4 Å². The lowest BCUT2D eigenvalue weighted by Gasteiger charge is -2.16. The summed E-state index contributed by atoms with van der Waals surface area (Å²) in [6, 6.07) is 3.61. The van der Waals surface area contributed by atoms with Crippen molar-refractivity contribution in [3.05, 3.63) is 42.0 Å². The molecule has 0 aromatic carbocycles. The second-order valence-corrected chi connectivity index (χ2v) is 4.64. The Morgan fingerprint density at radius 3 is 2.52 bits per heavy atom. The van der Waals surface area contributed by atoms with Crippen molar-refractivity contribution in [1.82, 2.24) is 20.3 Å². The van der Waals surface area contributed by atoms with Gasteiger partial charge in [-0.25, -0.2) is 9.97 Å². The highest BCUT2D eigenvalue weighted by atomic mass is 16.5. The van der Waals surface area contributed by atoms with Gasteiger partial charge in [-0.1, -0.05) is 6.07 Å². The van der Waals surface area contributed by atoms with Crippen LogP contribution in [0.4, 0.5) is 0 Å². The van der Waals surface area contributed by atoms with Gasteiger partial charge in [-0.3, -0.25) is 9.78 Å². The molecule has 1 amide bonds. The summed E-state index contributed by atoms with van der Waals surface area (Å²) in [6.07, 6.45) is 4.55. The number of hydrogen-bond donors (Lipinski definition) is 2. The molecule has 0 bridgehead atoms. The molecule has 0 aliphatic carbocycles. The zero-order chi connectivity index (χ0) is 16.7. The van der Waals surface area contributed by atoms with Gasteiger partial charge in [0, 0.05) is 24.9 Å². The van der Waals surface area contributed by atoms with E-state index >= 15 is 0 Å². The smallest absolute Gasteiger partial charge is 0.262 e.